The van der Waals surface area contributed by atoms with Crippen LogP contribution >= 0.6 is 62.3 Å². The number of benzene rings is 2. The second-order valence-corrected chi connectivity index (χ2v) is 7.04. The van der Waals surface area contributed by atoms with E-state index in [1.165, 1.54) is 6.07 Å². The van der Waals surface area contributed by atoms with E-state index < -0.39 is 0 Å². The lowest BCUT2D eigenvalue weighted by molar-refractivity contribution is 0.622. The van der Waals surface area contributed by atoms with Crippen molar-refractivity contribution < 1.29 is 4.39 Å². The van der Waals surface area contributed by atoms with E-state index in [0.29, 0.717) is 19.8 Å². The van der Waals surface area contributed by atoms with Crippen LogP contribution in [0.5, 0.6) is 0 Å². The predicted octanol–water partition coefficient (Wildman–Crippen LogP) is 5.85. The van der Waals surface area contributed by atoms with Crippen molar-refractivity contribution in [3.63, 3.8) is 0 Å². The lowest BCUT2D eigenvalue weighted by Gasteiger charge is -2.07. The van der Waals surface area contributed by atoms with Gasteiger partial charge >= 0.3 is 0 Å². The SMILES string of the molecule is Fc1cc2c(cc1Br)[nH]c(=S)n2-c1ccc(I)cc1Cl. The molecule has 0 aliphatic rings. The summed E-state index contributed by atoms with van der Waals surface area (Å²) in [7, 11) is 0. The fraction of sp³-hybridized carbons (Fsp3) is 0. The molecule has 7 heteroatoms. The zero-order chi connectivity index (χ0) is 14.4. The summed E-state index contributed by atoms with van der Waals surface area (Å²) >= 11 is 16.9. The molecule has 0 bridgehead atoms. The topological polar surface area (TPSA) is 20.7 Å². The number of nitrogens with one attached hydrogen (secondary N) is 1. The van der Waals surface area contributed by atoms with Crippen molar-refractivity contribution in [2.75, 3.05) is 0 Å². The van der Waals surface area contributed by atoms with Crippen molar-refractivity contribution in [2.45, 2.75) is 0 Å². The number of H-pyrrole nitrogens is 1. The van der Waals surface area contributed by atoms with Crippen molar-refractivity contribution in [1.82, 2.24) is 9.55 Å². The fourth-order valence-electron chi connectivity index (χ4n) is 2.00. The smallest absolute Gasteiger partial charge is 0.182 e. The average Bonchev–Trinajstić information content (AvgIpc) is 2.66. The number of aromatic amines is 1. The Bertz CT molecular complexity index is 890. The molecule has 0 atom stereocenters. The third-order valence-corrected chi connectivity index (χ3v) is 4.74. The summed E-state index contributed by atoms with van der Waals surface area (Å²) < 4.78 is 17.4. The van der Waals surface area contributed by atoms with E-state index in [2.05, 4.69) is 43.5 Å². The van der Waals surface area contributed by atoms with Crippen LogP contribution in [0, 0.1) is 14.2 Å². The molecule has 0 amide bonds. The van der Waals surface area contributed by atoms with Gasteiger partial charge in [-0.15, -0.1) is 0 Å². The van der Waals surface area contributed by atoms with Gasteiger partial charge in [-0.05, 0) is 75.0 Å². The molecule has 0 saturated carbocycles. The Morgan fingerprint density at radius 2 is 2.05 bits per heavy atom. The average molecular weight is 484 g/mol. The highest BCUT2D eigenvalue weighted by molar-refractivity contribution is 14.1. The Hall–Kier alpha value is -0.440. The molecule has 0 radical (unpaired) electrons. The zero-order valence-electron chi connectivity index (χ0n) is 9.75. The first-order valence-electron chi connectivity index (χ1n) is 5.52. The number of hydrogen-bond donors (Lipinski definition) is 1. The molecule has 2 aromatic carbocycles. The van der Waals surface area contributed by atoms with Gasteiger partial charge in [0, 0.05) is 9.64 Å². The van der Waals surface area contributed by atoms with Crippen molar-refractivity contribution >= 4 is 73.4 Å². The number of hydrogen-bond acceptors (Lipinski definition) is 1. The van der Waals surface area contributed by atoms with Gasteiger partial charge in [-0.3, -0.25) is 4.57 Å². The van der Waals surface area contributed by atoms with E-state index in [4.69, 9.17) is 23.8 Å². The van der Waals surface area contributed by atoms with Crippen LogP contribution in [-0.4, -0.2) is 9.55 Å². The van der Waals surface area contributed by atoms with Gasteiger partial charge < -0.3 is 4.98 Å². The minimum absolute atomic E-state index is 0.345. The highest BCUT2D eigenvalue weighted by Gasteiger charge is 2.12. The van der Waals surface area contributed by atoms with Gasteiger partial charge in [-0.1, -0.05) is 11.6 Å². The molecule has 3 rings (SSSR count). The van der Waals surface area contributed by atoms with Crippen molar-refractivity contribution in [3.05, 3.63) is 54.0 Å². The summed E-state index contributed by atoms with van der Waals surface area (Å²) in [6.45, 7) is 0. The van der Waals surface area contributed by atoms with Gasteiger partial charge in [0.2, 0.25) is 0 Å². The van der Waals surface area contributed by atoms with Crippen LogP contribution in [0.4, 0.5) is 4.39 Å². The van der Waals surface area contributed by atoms with Crippen LogP contribution in [0.2, 0.25) is 5.02 Å². The maximum absolute atomic E-state index is 13.8. The maximum Gasteiger partial charge on any atom is 0.182 e. The van der Waals surface area contributed by atoms with Crippen LogP contribution in [-0.2, 0) is 0 Å². The summed E-state index contributed by atoms with van der Waals surface area (Å²) in [5, 5.41) is 0.567. The second kappa shape index (κ2) is 5.40. The van der Waals surface area contributed by atoms with Crippen LogP contribution < -0.4 is 0 Å². The number of halogens is 4. The van der Waals surface area contributed by atoms with Crippen LogP contribution in [0.3, 0.4) is 0 Å². The van der Waals surface area contributed by atoms with Gasteiger partial charge in [-0.25, -0.2) is 4.39 Å². The van der Waals surface area contributed by atoms with Crippen molar-refractivity contribution in [1.29, 1.82) is 0 Å². The summed E-state index contributed by atoms with van der Waals surface area (Å²) in [5.74, 6) is -0.345. The Kier molecular flexibility index (Phi) is 3.91. The molecule has 1 heterocycles. The molecule has 3 aromatic rings. The van der Waals surface area contributed by atoms with E-state index in [9.17, 15) is 4.39 Å². The minimum atomic E-state index is -0.345. The Morgan fingerprint density at radius 3 is 2.75 bits per heavy atom. The summed E-state index contributed by atoms with van der Waals surface area (Å²) in [6.07, 6.45) is 0. The largest absolute Gasteiger partial charge is 0.330 e. The van der Waals surface area contributed by atoms with E-state index in [1.54, 1.807) is 10.6 Å². The molecule has 102 valence electrons. The minimum Gasteiger partial charge on any atom is -0.330 e. The predicted molar refractivity (Wildman–Crippen MR) is 93.8 cm³/mol. The highest BCUT2D eigenvalue weighted by Crippen LogP contribution is 2.29. The Morgan fingerprint density at radius 1 is 1.30 bits per heavy atom. The number of aromatic nitrogens is 2. The van der Waals surface area contributed by atoms with E-state index >= 15 is 0 Å². The summed E-state index contributed by atoms with van der Waals surface area (Å²) in [6, 6.07) is 8.73. The van der Waals surface area contributed by atoms with Gasteiger partial charge in [0.1, 0.15) is 5.82 Å². The second-order valence-electron chi connectivity index (χ2n) is 4.14. The molecule has 0 aliphatic heterocycles. The van der Waals surface area contributed by atoms with Crippen LogP contribution in [0.25, 0.3) is 16.7 Å². The normalized spacial score (nSPS) is 11.2. The molecule has 0 unspecified atom stereocenters. The van der Waals surface area contributed by atoms with Gasteiger partial charge in [0.15, 0.2) is 4.77 Å². The first-order chi connectivity index (χ1) is 9.47. The number of fused-ring (bicyclic) bond motifs is 1. The molecule has 1 aromatic heterocycles. The Balaban J connectivity index is 2.39. The molecule has 0 spiro atoms. The quantitative estimate of drug-likeness (QED) is 0.340. The van der Waals surface area contributed by atoms with Gasteiger partial charge in [0.05, 0.1) is 26.2 Å². The van der Waals surface area contributed by atoms with Crippen LogP contribution in [0.1, 0.15) is 0 Å². The van der Waals surface area contributed by atoms with E-state index in [1.807, 2.05) is 18.2 Å². The first-order valence-corrected chi connectivity index (χ1v) is 8.18. The zero-order valence-corrected chi connectivity index (χ0v) is 15.1. The number of imidazole rings is 1. The first kappa shape index (κ1) is 14.5. The molecule has 1 N–H and O–H groups in total. The molecule has 2 nitrogen and oxygen atoms in total. The maximum atomic E-state index is 13.8. The third-order valence-electron chi connectivity index (χ3n) is 2.87. The summed E-state index contributed by atoms with van der Waals surface area (Å²) in [5.41, 5.74) is 2.13. The lowest BCUT2D eigenvalue weighted by atomic mass is 10.2. The molecule has 0 fully saturated rings. The molecule has 0 aliphatic carbocycles. The molecule has 20 heavy (non-hydrogen) atoms. The summed E-state index contributed by atoms with van der Waals surface area (Å²) in [4.78, 5) is 3.06. The van der Waals surface area contributed by atoms with E-state index in [-0.39, 0.29) is 5.82 Å². The van der Waals surface area contributed by atoms with E-state index in [0.717, 1.165) is 14.8 Å². The molecule has 0 saturated heterocycles. The van der Waals surface area contributed by atoms with Gasteiger partial charge in [0.25, 0.3) is 0 Å². The monoisotopic (exact) mass is 482 g/mol. The van der Waals surface area contributed by atoms with Crippen molar-refractivity contribution in [3.8, 4) is 5.69 Å². The highest BCUT2D eigenvalue weighted by atomic mass is 127. The third kappa shape index (κ3) is 2.43. The Labute approximate surface area is 146 Å². The lowest BCUT2D eigenvalue weighted by Crippen LogP contribution is -1.96. The van der Waals surface area contributed by atoms with Crippen LogP contribution in [0.15, 0.2) is 34.8 Å². The molecular formula is C13H6BrClFIN2S. The van der Waals surface area contributed by atoms with Gasteiger partial charge in [-0.2, -0.15) is 0 Å². The number of rotatable bonds is 1. The van der Waals surface area contributed by atoms with Crippen molar-refractivity contribution in [2.24, 2.45) is 0 Å². The number of nitrogens with zero attached hydrogens (tertiary/aromatic N) is 1. The molecular weight excluding hydrogens is 477 g/mol. The fourth-order valence-corrected chi connectivity index (χ4v) is 3.59. The standard InChI is InChI=1S/C13H6BrClFIN2S/c14-7-4-10-12(5-9(7)16)19(13(20)18-10)11-2-1-6(17)3-8(11)15/h1-5H,(H,18,20).